The molecule has 1 saturated heterocycles. The van der Waals surface area contributed by atoms with E-state index in [1.807, 2.05) is 18.2 Å². The first-order chi connectivity index (χ1) is 16.8. The average Bonchev–Trinajstić information content (AvgIpc) is 3.34. The number of carbonyl (C=O) groups excluding carboxylic acids is 2. The zero-order valence-corrected chi connectivity index (χ0v) is 20.2. The highest BCUT2D eigenvalue weighted by Gasteiger charge is 2.40. The van der Waals surface area contributed by atoms with E-state index in [1.54, 1.807) is 59.3 Å². The first-order valence-corrected chi connectivity index (χ1v) is 11.5. The number of nitriles is 2. The molecule has 2 atom stereocenters. The van der Waals surface area contributed by atoms with Crippen molar-refractivity contribution in [1.82, 2.24) is 14.8 Å². The van der Waals surface area contributed by atoms with Gasteiger partial charge in [-0.05, 0) is 54.1 Å². The summed E-state index contributed by atoms with van der Waals surface area (Å²) in [6.07, 6.45) is 1.38. The Bertz CT molecular complexity index is 1360. The van der Waals surface area contributed by atoms with Gasteiger partial charge in [-0.2, -0.15) is 10.5 Å². The third-order valence-electron chi connectivity index (χ3n) is 6.15. The number of pyridine rings is 1. The molecule has 0 unspecified atom stereocenters. The van der Waals surface area contributed by atoms with Crippen molar-refractivity contribution in [2.24, 2.45) is 0 Å². The number of amides is 2. The number of rotatable bonds is 4. The number of benzene rings is 2. The topological polar surface area (TPSA) is 101 Å². The van der Waals surface area contributed by atoms with E-state index in [4.69, 9.17) is 33.7 Å². The molecule has 0 bridgehead atoms. The van der Waals surface area contributed by atoms with Crippen LogP contribution in [0.15, 0.2) is 60.8 Å². The van der Waals surface area contributed by atoms with Crippen molar-refractivity contribution >= 4 is 35.0 Å². The molecule has 0 N–H and O–H groups in total. The van der Waals surface area contributed by atoms with Gasteiger partial charge in [0.1, 0.15) is 11.8 Å². The van der Waals surface area contributed by atoms with Crippen LogP contribution in [0.25, 0.3) is 0 Å². The minimum atomic E-state index is -0.349. The molecule has 7 nitrogen and oxygen atoms in total. The van der Waals surface area contributed by atoms with Crippen LogP contribution in [0.1, 0.15) is 43.5 Å². The smallest absolute Gasteiger partial charge is 0.255 e. The molecule has 1 aliphatic rings. The Kier molecular flexibility index (Phi) is 7.02. The van der Waals surface area contributed by atoms with Gasteiger partial charge in [-0.25, -0.2) is 4.98 Å². The highest BCUT2D eigenvalue weighted by molar-refractivity contribution is 6.42. The summed E-state index contributed by atoms with van der Waals surface area (Å²) in [5.74, 6) is -0.681. The van der Waals surface area contributed by atoms with Gasteiger partial charge in [0.15, 0.2) is 0 Å². The number of carbonyl (C=O) groups is 2. The van der Waals surface area contributed by atoms with Crippen LogP contribution in [0.3, 0.4) is 0 Å². The second kappa shape index (κ2) is 10.1. The molecule has 1 aliphatic heterocycles. The van der Waals surface area contributed by atoms with Crippen LogP contribution in [-0.2, 0) is 0 Å². The van der Waals surface area contributed by atoms with E-state index in [0.29, 0.717) is 39.8 Å². The third-order valence-corrected chi connectivity index (χ3v) is 6.89. The molecule has 35 heavy (non-hydrogen) atoms. The molecule has 0 aliphatic carbocycles. The van der Waals surface area contributed by atoms with Gasteiger partial charge in [-0.1, -0.05) is 29.3 Å². The molecule has 2 amide bonds. The van der Waals surface area contributed by atoms with Gasteiger partial charge in [-0.15, -0.1) is 0 Å². The second-order valence-corrected chi connectivity index (χ2v) is 9.02. The van der Waals surface area contributed by atoms with Crippen molar-refractivity contribution < 1.29 is 9.59 Å². The van der Waals surface area contributed by atoms with Gasteiger partial charge in [0.05, 0.1) is 33.3 Å². The van der Waals surface area contributed by atoms with E-state index >= 15 is 0 Å². The lowest BCUT2D eigenvalue weighted by Gasteiger charge is -2.29. The molecule has 1 aromatic heterocycles. The van der Waals surface area contributed by atoms with E-state index < -0.39 is 0 Å². The van der Waals surface area contributed by atoms with Crippen molar-refractivity contribution in [2.45, 2.75) is 12.0 Å². The fourth-order valence-electron chi connectivity index (χ4n) is 4.23. The number of halogens is 2. The first-order valence-electron chi connectivity index (χ1n) is 10.7. The highest BCUT2D eigenvalue weighted by atomic mass is 35.5. The molecule has 4 rings (SSSR count). The zero-order chi connectivity index (χ0) is 25.1. The minimum absolute atomic E-state index is 0.192. The fourth-order valence-corrected chi connectivity index (χ4v) is 4.53. The molecule has 9 heteroatoms. The van der Waals surface area contributed by atoms with E-state index in [0.717, 1.165) is 5.56 Å². The first kappa shape index (κ1) is 24.2. The SMILES string of the molecule is CN(C(=O)c1ccc(C#N)nc1)[C@@H]1CN(C(=O)c2ccc(C#N)cc2)C[C@H]1c1ccc(Cl)c(Cl)c1. The lowest BCUT2D eigenvalue weighted by Crippen LogP contribution is -2.42. The lowest BCUT2D eigenvalue weighted by atomic mass is 9.93. The van der Waals surface area contributed by atoms with E-state index in [9.17, 15) is 9.59 Å². The van der Waals surface area contributed by atoms with Gasteiger partial charge >= 0.3 is 0 Å². The van der Waals surface area contributed by atoms with Gasteiger partial charge in [0.2, 0.25) is 0 Å². The summed E-state index contributed by atoms with van der Waals surface area (Å²) in [5.41, 5.74) is 2.35. The Labute approximate surface area is 212 Å². The Morgan fingerprint density at radius 3 is 2.29 bits per heavy atom. The number of aromatic nitrogens is 1. The van der Waals surface area contributed by atoms with Gasteiger partial charge in [0, 0.05) is 37.8 Å². The number of nitrogens with zero attached hydrogens (tertiary/aromatic N) is 5. The predicted octanol–water partition coefficient (Wildman–Crippen LogP) is 4.51. The largest absolute Gasteiger partial charge is 0.336 e. The molecule has 0 saturated carbocycles. The zero-order valence-electron chi connectivity index (χ0n) is 18.7. The molecule has 0 spiro atoms. The maximum atomic E-state index is 13.3. The van der Waals surface area contributed by atoms with Crippen molar-refractivity contribution in [3.05, 3.63) is 98.8 Å². The fraction of sp³-hybridized carbons (Fsp3) is 0.192. The Morgan fingerprint density at radius 2 is 1.69 bits per heavy atom. The monoisotopic (exact) mass is 503 g/mol. The summed E-state index contributed by atoms with van der Waals surface area (Å²) >= 11 is 12.4. The molecular weight excluding hydrogens is 485 g/mol. The second-order valence-electron chi connectivity index (χ2n) is 8.21. The Hall–Kier alpha value is -3.91. The molecule has 2 aromatic carbocycles. The summed E-state index contributed by atoms with van der Waals surface area (Å²) in [4.78, 5) is 33.8. The van der Waals surface area contributed by atoms with Crippen LogP contribution in [0.2, 0.25) is 10.0 Å². The van der Waals surface area contributed by atoms with Crippen LogP contribution >= 0.6 is 23.2 Å². The quantitative estimate of drug-likeness (QED) is 0.521. The molecule has 2 heterocycles. The molecule has 3 aromatic rings. The van der Waals surface area contributed by atoms with Gasteiger partial charge in [0.25, 0.3) is 11.8 Å². The Balaban J connectivity index is 1.65. The van der Waals surface area contributed by atoms with Gasteiger partial charge < -0.3 is 9.80 Å². The van der Waals surface area contributed by atoms with E-state index in [2.05, 4.69) is 4.98 Å². The summed E-state index contributed by atoms with van der Waals surface area (Å²) < 4.78 is 0. The van der Waals surface area contributed by atoms with Crippen LogP contribution in [-0.4, -0.2) is 52.8 Å². The van der Waals surface area contributed by atoms with Crippen molar-refractivity contribution in [2.75, 3.05) is 20.1 Å². The highest BCUT2D eigenvalue weighted by Crippen LogP contribution is 2.35. The van der Waals surface area contributed by atoms with E-state index in [1.165, 1.54) is 12.3 Å². The summed E-state index contributed by atoms with van der Waals surface area (Å²) in [6, 6.07) is 18.5. The molecule has 174 valence electrons. The van der Waals surface area contributed by atoms with Crippen LogP contribution in [0.4, 0.5) is 0 Å². The number of likely N-dealkylation sites (tertiary alicyclic amines) is 1. The molecule has 1 fully saturated rings. The summed E-state index contributed by atoms with van der Waals surface area (Å²) in [5, 5.41) is 18.8. The van der Waals surface area contributed by atoms with Crippen LogP contribution in [0.5, 0.6) is 0 Å². The van der Waals surface area contributed by atoms with Gasteiger partial charge in [-0.3, -0.25) is 9.59 Å². The van der Waals surface area contributed by atoms with Crippen LogP contribution < -0.4 is 0 Å². The normalized spacial score (nSPS) is 16.9. The van der Waals surface area contributed by atoms with Crippen LogP contribution in [0, 0.1) is 22.7 Å². The van der Waals surface area contributed by atoms with E-state index in [-0.39, 0.29) is 29.5 Å². The number of hydrogen-bond acceptors (Lipinski definition) is 5. The minimum Gasteiger partial charge on any atom is -0.336 e. The number of hydrogen-bond donors (Lipinski definition) is 0. The lowest BCUT2D eigenvalue weighted by molar-refractivity contribution is 0.0695. The molecular formula is C26H19Cl2N5O2. The predicted molar refractivity (Wildman–Crippen MR) is 131 cm³/mol. The number of likely N-dealkylation sites (N-methyl/N-ethyl adjacent to an activating group) is 1. The standard InChI is InChI=1S/C26H19Cl2N5O2/c1-32(25(34)19-6-8-20(12-30)31-13-19)24-15-33(26(35)17-4-2-16(11-29)3-5-17)14-21(24)18-7-9-22(27)23(28)10-18/h2-10,13,21,24H,14-15H2,1H3/t21-,24+/m0/s1. The maximum Gasteiger partial charge on any atom is 0.255 e. The third kappa shape index (κ3) is 4.97. The maximum absolute atomic E-state index is 13.3. The van der Waals surface area contributed by atoms with Crippen molar-refractivity contribution in [3.63, 3.8) is 0 Å². The average molecular weight is 504 g/mol. The molecule has 0 radical (unpaired) electrons. The van der Waals surface area contributed by atoms with Crippen molar-refractivity contribution in [3.8, 4) is 12.1 Å². The summed E-state index contributed by atoms with van der Waals surface area (Å²) in [7, 11) is 1.69. The van der Waals surface area contributed by atoms with Crippen molar-refractivity contribution in [1.29, 1.82) is 10.5 Å². The Morgan fingerprint density at radius 1 is 0.971 bits per heavy atom. The summed E-state index contributed by atoms with van der Waals surface area (Å²) in [6.45, 7) is 0.667.